The van der Waals surface area contributed by atoms with Gasteiger partial charge < -0.3 is 19.8 Å². The minimum atomic E-state index is -0.238. The van der Waals surface area contributed by atoms with Crippen molar-refractivity contribution in [2.45, 2.75) is 57.8 Å². The van der Waals surface area contributed by atoms with Gasteiger partial charge in [-0.1, -0.05) is 6.92 Å². The minimum absolute atomic E-state index is 0.0267. The summed E-state index contributed by atoms with van der Waals surface area (Å²) in [7, 11) is 0. The van der Waals surface area contributed by atoms with Crippen molar-refractivity contribution in [3.63, 3.8) is 0 Å². The minimum Gasteiger partial charge on any atom is -0.358 e. The van der Waals surface area contributed by atoms with E-state index < -0.39 is 0 Å². The van der Waals surface area contributed by atoms with Gasteiger partial charge in [-0.05, 0) is 60.8 Å². The third-order valence-electron chi connectivity index (χ3n) is 9.59. The first-order valence-corrected chi connectivity index (χ1v) is 13.2. The van der Waals surface area contributed by atoms with Crippen molar-refractivity contribution in [3.8, 4) is 0 Å². The molecule has 2 N–H and O–H groups in total. The normalized spacial score (nSPS) is 28.8. The number of rotatable bonds is 4. The highest BCUT2D eigenvalue weighted by Crippen LogP contribution is 2.71. The predicted molar refractivity (Wildman–Crippen MR) is 135 cm³/mol. The number of ketones is 2. The average molecular weight is 499 g/mol. The second-order valence-electron chi connectivity index (χ2n) is 11.3. The van der Waals surface area contributed by atoms with Crippen LogP contribution in [0.25, 0.3) is 0 Å². The summed E-state index contributed by atoms with van der Waals surface area (Å²) >= 11 is 0. The van der Waals surface area contributed by atoms with Crippen LogP contribution in [-0.2, 0) is 15.0 Å². The first-order chi connectivity index (χ1) is 17.7. The van der Waals surface area contributed by atoms with Gasteiger partial charge in [0.05, 0.1) is 11.4 Å². The number of nitrogens with zero attached hydrogens (tertiary/aromatic N) is 2. The number of H-pyrrole nitrogens is 2. The first kappa shape index (κ1) is 22.5. The number of piperidine rings is 1. The number of allylic oxidation sites excluding steroid dienone is 4. The van der Waals surface area contributed by atoms with Crippen molar-refractivity contribution in [1.29, 1.82) is 0 Å². The van der Waals surface area contributed by atoms with Crippen LogP contribution < -0.4 is 0 Å². The summed E-state index contributed by atoms with van der Waals surface area (Å²) in [6.45, 7) is 7.43. The number of amides is 2. The van der Waals surface area contributed by atoms with Gasteiger partial charge in [0, 0.05) is 73.2 Å². The molecule has 7 rings (SSSR count). The molecule has 37 heavy (non-hydrogen) atoms. The molecular weight excluding hydrogens is 468 g/mol. The molecule has 0 radical (unpaired) electrons. The predicted octanol–water partition coefficient (Wildman–Crippen LogP) is 3.65. The Kier molecular flexibility index (Phi) is 4.52. The maximum Gasteiger partial charge on any atom is 0.226 e. The van der Waals surface area contributed by atoms with E-state index in [0.29, 0.717) is 42.7 Å². The van der Waals surface area contributed by atoms with Gasteiger partial charge in [-0.2, -0.15) is 0 Å². The van der Waals surface area contributed by atoms with Gasteiger partial charge in [-0.25, -0.2) is 0 Å². The fourth-order valence-corrected chi connectivity index (χ4v) is 7.83. The van der Waals surface area contributed by atoms with Crippen LogP contribution in [0.15, 0.2) is 35.9 Å². The fourth-order valence-electron chi connectivity index (χ4n) is 7.83. The van der Waals surface area contributed by atoms with Gasteiger partial charge in [0.1, 0.15) is 0 Å². The zero-order valence-corrected chi connectivity index (χ0v) is 21.3. The third-order valence-corrected chi connectivity index (χ3v) is 9.59. The van der Waals surface area contributed by atoms with Crippen LogP contribution in [0.5, 0.6) is 0 Å². The molecule has 190 valence electrons. The molecule has 4 atom stereocenters. The van der Waals surface area contributed by atoms with E-state index in [1.54, 1.807) is 22.0 Å². The molecular formula is C29H30N4O4. The van der Waals surface area contributed by atoms with Gasteiger partial charge in [-0.15, -0.1) is 0 Å². The Morgan fingerprint density at radius 3 is 2.43 bits per heavy atom. The molecule has 3 aliphatic carbocycles. The van der Waals surface area contributed by atoms with Crippen LogP contribution in [0.2, 0.25) is 0 Å². The van der Waals surface area contributed by atoms with E-state index in [1.165, 1.54) is 0 Å². The topological polar surface area (TPSA) is 106 Å². The lowest BCUT2D eigenvalue weighted by molar-refractivity contribution is -0.130. The van der Waals surface area contributed by atoms with Crippen LogP contribution >= 0.6 is 0 Å². The summed E-state index contributed by atoms with van der Waals surface area (Å²) in [4.78, 5) is 61.6. The Morgan fingerprint density at radius 1 is 0.973 bits per heavy atom. The maximum atomic E-state index is 13.3. The molecule has 2 amide bonds. The number of likely N-dealkylation sites (tertiary alicyclic amines) is 2. The number of hydrogen-bond acceptors (Lipinski definition) is 4. The van der Waals surface area contributed by atoms with Crippen molar-refractivity contribution in [3.05, 3.63) is 69.6 Å². The largest absolute Gasteiger partial charge is 0.358 e. The van der Waals surface area contributed by atoms with Crippen LogP contribution in [0, 0.1) is 25.7 Å². The van der Waals surface area contributed by atoms with Gasteiger partial charge in [-0.3, -0.25) is 19.2 Å². The molecule has 1 saturated carbocycles. The maximum absolute atomic E-state index is 13.3. The number of hydrogen-bond donors (Lipinski definition) is 2. The summed E-state index contributed by atoms with van der Waals surface area (Å²) in [5, 5.41) is 0. The van der Waals surface area contributed by atoms with Crippen LogP contribution in [0.1, 0.15) is 81.8 Å². The molecule has 0 bridgehead atoms. The second-order valence-corrected chi connectivity index (χ2v) is 11.3. The quantitative estimate of drug-likeness (QED) is 0.671. The summed E-state index contributed by atoms with van der Waals surface area (Å²) < 4.78 is 0. The van der Waals surface area contributed by atoms with Crippen molar-refractivity contribution < 1.29 is 19.2 Å². The van der Waals surface area contributed by atoms with Gasteiger partial charge >= 0.3 is 0 Å². The van der Waals surface area contributed by atoms with Crippen molar-refractivity contribution in [2.24, 2.45) is 11.8 Å². The Bertz CT molecular complexity index is 1490. The van der Waals surface area contributed by atoms with Gasteiger partial charge in [0.25, 0.3) is 0 Å². The lowest BCUT2D eigenvalue weighted by Crippen LogP contribution is -2.35. The molecule has 2 aromatic rings. The van der Waals surface area contributed by atoms with E-state index in [0.717, 1.165) is 40.1 Å². The van der Waals surface area contributed by atoms with Crippen LogP contribution in [0.3, 0.4) is 0 Å². The molecule has 0 aromatic carbocycles. The van der Waals surface area contributed by atoms with E-state index in [4.69, 9.17) is 0 Å². The third kappa shape index (κ3) is 2.78. The van der Waals surface area contributed by atoms with Crippen molar-refractivity contribution >= 4 is 23.4 Å². The van der Waals surface area contributed by atoms with Crippen LogP contribution in [-0.4, -0.2) is 56.2 Å². The lowest BCUT2D eigenvalue weighted by Gasteiger charge is -2.30. The molecule has 2 saturated heterocycles. The summed E-state index contributed by atoms with van der Waals surface area (Å²) in [6.07, 6.45) is 8.74. The zero-order valence-electron chi connectivity index (χ0n) is 21.3. The number of aromatic nitrogens is 2. The second kappa shape index (κ2) is 7.43. The molecule has 1 spiro atoms. The monoisotopic (exact) mass is 498 g/mol. The molecule has 4 heterocycles. The highest BCUT2D eigenvalue weighted by Gasteiger charge is 2.73. The van der Waals surface area contributed by atoms with Crippen molar-refractivity contribution in [1.82, 2.24) is 19.8 Å². The zero-order chi connectivity index (χ0) is 25.8. The molecule has 2 aromatic heterocycles. The number of aromatic amines is 2. The number of carbonyl (C=O) groups is 4. The SMILES string of the molecule is Cc1c[nH]c2c1C1CCN(C(=O)CCCC(=O)N3CC4C(C)C45C3=CC(=O)c3[nH]cc(C)c35)C1=CC2=O. The number of aryl methyl sites for hydroxylation is 2. The van der Waals surface area contributed by atoms with Gasteiger partial charge in [0.2, 0.25) is 23.4 Å². The molecule has 2 aliphatic heterocycles. The molecule has 8 nitrogen and oxygen atoms in total. The van der Waals surface area contributed by atoms with Gasteiger partial charge in [0.15, 0.2) is 0 Å². The Labute approximate surface area is 214 Å². The smallest absolute Gasteiger partial charge is 0.226 e. The number of nitrogens with one attached hydrogen (secondary N) is 2. The van der Waals surface area contributed by atoms with E-state index in [2.05, 4.69) is 16.9 Å². The molecule has 4 unspecified atom stereocenters. The van der Waals surface area contributed by atoms with Crippen molar-refractivity contribution in [2.75, 3.05) is 13.1 Å². The Balaban J connectivity index is 1.03. The first-order valence-electron chi connectivity index (χ1n) is 13.2. The van der Waals surface area contributed by atoms with E-state index in [9.17, 15) is 19.2 Å². The lowest BCUT2D eigenvalue weighted by atomic mass is 9.82. The highest BCUT2D eigenvalue weighted by atomic mass is 16.2. The summed E-state index contributed by atoms with van der Waals surface area (Å²) in [6, 6.07) is 0. The summed E-state index contributed by atoms with van der Waals surface area (Å²) in [5.41, 5.74) is 6.90. The van der Waals surface area contributed by atoms with E-state index >= 15 is 0 Å². The fraction of sp³-hybridized carbons (Fsp3) is 0.448. The number of carbonyl (C=O) groups excluding carboxylic acids is 4. The summed E-state index contributed by atoms with van der Waals surface area (Å²) in [5.74, 6) is 0.555. The van der Waals surface area contributed by atoms with E-state index in [-0.39, 0.29) is 47.6 Å². The Morgan fingerprint density at radius 2 is 1.65 bits per heavy atom. The highest BCUT2D eigenvalue weighted by molar-refractivity contribution is 6.09. The molecule has 3 fully saturated rings. The molecule has 8 heteroatoms. The molecule has 5 aliphatic rings. The average Bonchev–Trinajstić information content (AvgIpc) is 3.42. The Hall–Kier alpha value is -3.68. The van der Waals surface area contributed by atoms with E-state index in [1.807, 2.05) is 26.2 Å². The number of fused-ring (bicyclic) bond motifs is 4. The standard InChI is InChI=1S/C29H30N4O4/c1-14-11-30-27-20(34)9-19-17(25(14)27)7-8-32(19)23(36)5-4-6-24(37)33-13-18-16(3)29(18)22(33)10-21(35)28-26(29)15(2)12-31-28/h9-12,16-18,30-31H,4-8,13H2,1-3H3. The van der Waals surface area contributed by atoms with Crippen LogP contribution in [0.4, 0.5) is 0 Å².